The predicted octanol–water partition coefficient (Wildman–Crippen LogP) is -1.73. The third-order valence-electron chi connectivity index (χ3n) is 2.55. The van der Waals surface area contributed by atoms with Gasteiger partial charge in [0, 0.05) is 26.2 Å². The molecule has 0 spiro atoms. The zero-order valence-corrected chi connectivity index (χ0v) is 9.50. The van der Waals surface area contributed by atoms with Crippen molar-refractivity contribution in [3.05, 3.63) is 0 Å². The average molecular weight is 228 g/mol. The van der Waals surface area contributed by atoms with Gasteiger partial charge in [0.25, 0.3) is 0 Å². The Morgan fingerprint density at radius 2 is 1.62 bits per heavy atom. The Kier molecular flexibility index (Phi) is 5.81. The minimum atomic E-state index is -0.605. The van der Waals surface area contributed by atoms with Crippen molar-refractivity contribution in [2.45, 2.75) is 12.8 Å². The van der Waals surface area contributed by atoms with E-state index in [-0.39, 0.29) is 0 Å². The maximum absolute atomic E-state index is 11.2. The highest BCUT2D eigenvalue weighted by Crippen LogP contribution is 2.05. The molecule has 1 rings (SSSR count). The van der Waals surface area contributed by atoms with Gasteiger partial charge in [0.1, 0.15) is 0 Å². The lowest BCUT2D eigenvalue weighted by molar-refractivity contribution is -0.139. The van der Waals surface area contributed by atoms with E-state index in [2.05, 4.69) is 15.5 Å². The van der Waals surface area contributed by atoms with Gasteiger partial charge in [-0.1, -0.05) is 0 Å². The molecule has 1 saturated heterocycles. The number of carbonyl (C=O) groups is 2. The van der Waals surface area contributed by atoms with Crippen LogP contribution in [0.5, 0.6) is 0 Å². The number of nitrogens with zero attached hydrogens (tertiary/aromatic N) is 1. The zero-order chi connectivity index (χ0) is 11.8. The van der Waals surface area contributed by atoms with Crippen LogP contribution in [0, 0.1) is 0 Å². The third kappa shape index (κ3) is 4.59. The molecule has 0 aliphatic carbocycles. The molecule has 0 aromatic rings. The first-order chi connectivity index (χ1) is 7.74. The lowest BCUT2D eigenvalue weighted by Crippen LogP contribution is -2.43. The largest absolute Gasteiger partial charge is 0.347 e. The van der Waals surface area contributed by atoms with Crippen molar-refractivity contribution in [1.82, 2.24) is 15.5 Å². The Morgan fingerprint density at radius 1 is 1.06 bits per heavy atom. The highest BCUT2D eigenvalue weighted by Gasteiger charge is 2.14. The fourth-order valence-electron chi connectivity index (χ4n) is 1.68. The molecule has 4 N–H and O–H groups in total. The number of nitrogens with one attached hydrogen (secondary N) is 2. The van der Waals surface area contributed by atoms with Gasteiger partial charge in [-0.3, -0.25) is 9.59 Å². The van der Waals surface area contributed by atoms with Crippen LogP contribution in [0.1, 0.15) is 12.8 Å². The first kappa shape index (κ1) is 12.9. The quantitative estimate of drug-likeness (QED) is 0.488. The van der Waals surface area contributed by atoms with Gasteiger partial charge in [-0.05, 0) is 25.9 Å². The molecule has 0 unspecified atom stereocenters. The maximum atomic E-state index is 11.2. The fraction of sp³-hybridized carbons (Fsp3) is 0.800. The number of likely N-dealkylation sites (tertiary alicyclic amines) is 1. The Labute approximate surface area is 95.5 Å². The molecule has 0 aromatic heterocycles. The minimum Gasteiger partial charge on any atom is -0.347 e. The molecule has 1 aliphatic heterocycles. The number of carbonyl (C=O) groups excluding carboxylic acids is 2. The molecule has 0 saturated carbocycles. The molecule has 16 heavy (non-hydrogen) atoms. The normalized spacial score (nSPS) is 16.1. The van der Waals surface area contributed by atoms with E-state index in [1.165, 1.54) is 12.8 Å². The van der Waals surface area contributed by atoms with Gasteiger partial charge in [0.2, 0.25) is 0 Å². The van der Waals surface area contributed by atoms with Crippen molar-refractivity contribution in [3.63, 3.8) is 0 Å². The van der Waals surface area contributed by atoms with Crippen molar-refractivity contribution < 1.29 is 9.59 Å². The number of hydrogen-bond acceptors (Lipinski definition) is 4. The van der Waals surface area contributed by atoms with Gasteiger partial charge in [0.15, 0.2) is 0 Å². The minimum absolute atomic E-state index is 0.332. The topological polar surface area (TPSA) is 87.5 Å². The summed E-state index contributed by atoms with van der Waals surface area (Å²) in [4.78, 5) is 24.7. The summed E-state index contributed by atoms with van der Waals surface area (Å²) < 4.78 is 0. The summed E-state index contributed by atoms with van der Waals surface area (Å²) in [6.07, 6.45) is 2.45. The summed E-state index contributed by atoms with van der Waals surface area (Å²) in [5.74, 6) is -1.18. The number of hydrogen-bond donors (Lipinski definition) is 3. The van der Waals surface area contributed by atoms with E-state index in [1.807, 2.05) is 0 Å². The average Bonchev–Trinajstić information content (AvgIpc) is 2.78. The summed E-state index contributed by atoms with van der Waals surface area (Å²) in [6.45, 7) is 4.19. The monoisotopic (exact) mass is 228 g/mol. The van der Waals surface area contributed by atoms with Crippen molar-refractivity contribution in [1.29, 1.82) is 0 Å². The number of amides is 2. The van der Waals surface area contributed by atoms with Crippen LogP contribution in [0.25, 0.3) is 0 Å². The fourth-order valence-corrected chi connectivity index (χ4v) is 1.68. The van der Waals surface area contributed by atoms with Crippen LogP contribution in [0.3, 0.4) is 0 Å². The smallest absolute Gasteiger partial charge is 0.309 e. The van der Waals surface area contributed by atoms with E-state index >= 15 is 0 Å². The molecule has 1 fully saturated rings. The van der Waals surface area contributed by atoms with Crippen LogP contribution in [-0.4, -0.2) is 56.0 Å². The zero-order valence-electron chi connectivity index (χ0n) is 9.50. The van der Waals surface area contributed by atoms with Crippen molar-refractivity contribution in [2.75, 3.05) is 39.3 Å². The molecule has 1 aliphatic rings. The molecule has 0 atom stereocenters. The standard InChI is InChI=1S/C10H20N4O2/c11-3-4-12-9(15)10(16)13-5-8-14-6-1-2-7-14/h1-8,11H2,(H,12,15)(H,13,16). The van der Waals surface area contributed by atoms with Gasteiger partial charge >= 0.3 is 11.8 Å². The van der Waals surface area contributed by atoms with Crippen LogP contribution >= 0.6 is 0 Å². The summed E-state index contributed by atoms with van der Waals surface area (Å²) >= 11 is 0. The van der Waals surface area contributed by atoms with Gasteiger partial charge in [-0.25, -0.2) is 0 Å². The van der Waals surface area contributed by atoms with Gasteiger partial charge in [-0.15, -0.1) is 0 Å². The van der Waals surface area contributed by atoms with Crippen LogP contribution in [-0.2, 0) is 9.59 Å². The Morgan fingerprint density at radius 3 is 2.19 bits per heavy atom. The van der Waals surface area contributed by atoms with Crippen LogP contribution < -0.4 is 16.4 Å². The lowest BCUT2D eigenvalue weighted by atomic mass is 10.4. The number of nitrogens with two attached hydrogens (primary N) is 1. The lowest BCUT2D eigenvalue weighted by Gasteiger charge is -2.14. The second kappa shape index (κ2) is 7.19. The predicted molar refractivity (Wildman–Crippen MR) is 60.7 cm³/mol. The summed E-state index contributed by atoms with van der Waals surface area (Å²) in [6, 6.07) is 0. The summed E-state index contributed by atoms with van der Waals surface area (Å²) in [5, 5.41) is 5.01. The van der Waals surface area contributed by atoms with Crippen molar-refractivity contribution in [2.24, 2.45) is 5.73 Å². The third-order valence-corrected chi connectivity index (χ3v) is 2.55. The second-order valence-electron chi connectivity index (χ2n) is 3.85. The Balaban J connectivity index is 2.06. The highest BCUT2D eigenvalue weighted by atomic mass is 16.2. The van der Waals surface area contributed by atoms with Crippen LogP contribution in [0.4, 0.5) is 0 Å². The summed E-state index contributed by atoms with van der Waals surface area (Å²) in [7, 11) is 0. The van der Waals surface area contributed by atoms with E-state index in [0.717, 1.165) is 19.6 Å². The van der Waals surface area contributed by atoms with Crippen LogP contribution in [0.2, 0.25) is 0 Å². The SMILES string of the molecule is NCCNC(=O)C(=O)NCCN1CCCC1. The molecular weight excluding hydrogens is 208 g/mol. The second-order valence-corrected chi connectivity index (χ2v) is 3.85. The first-order valence-corrected chi connectivity index (χ1v) is 5.72. The molecular formula is C10H20N4O2. The van der Waals surface area contributed by atoms with Crippen LogP contribution in [0.15, 0.2) is 0 Å². The van der Waals surface area contributed by atoms with Gasteiger partial charge in [0.05, 0.1) is 0 Å². The first-order valence-electron chi connectivity index (χ1n) is 5.72. The van der Waals surface area contributed by atoms with Crippen molar-refractivity contribution >= 4 is 11.8 Å². The highest BCUT2D eigenvalue weighted by molar-refractivity contribution is 6.35. The number of rotatable bonds is 5. The molecule has 0 radical (unpaired) electrons. The van der Waals surface area contributed by atoms with E-state index < -0.39 is 11.8 Å². The molecule has 6 heteroatoms. The van der Waals surface area contributed by atoms with E-state index in [9.17, 15) is 9.59 Å². The maximum Gasteiger partial charge on any atom is 0.309 e. The summed E-state index contributed by atoms with van der Waals surface area (Å²) in [5.41, 5.74) is 5.21. The molecule has 6 nitrogen and oxygen atoms in total. The molecule has 0 aromatic carbocycles. The molecule has 92 valence electrons. The Bertz CT molecular complexity index is 239. The van der Waals surface area contributed by atoms with Gasteiger partial charge < -0.3 is 21.3 Å². The van der Waals surface area contributed by atoms with Crippen molar-refractivity contribution in [3.8, 4) is 0 Å². The van der Waals surface area contributed by atoms with E-state index in [1.54, 1.807) is 0 Å². The van der Waals surface area contributed by atoms with Gasteiger partial charge in [-0.2, -0.15) is 0 Å². The molecule has 1 heterocycles. The molecule has 0 bridgehead atoms. The Hall–Kier alpha value is -1.14. The van der Waals surface area contributed by atoms with E-state index in [0.29, 0.717) is 19.6 Å². The molecule has 2 amide bonds. The van der Waals surface area contributed by atoms with E-state index in [4.69, 9.17) is 5.73 Å².